The van der Waals surface area contributed by atoms with Crippen molar-refractivity contribution in [1.82, 2.24) is 9.80 Å². The van der Waals surface area contributed by atoms with Crippen LogP contribution in [0.15, 0.2) is 24.3 Å². The maximum Gasteiger partial charge on any atom is 0.228 e. The van der Waals surface area contributed by atoms with Crippen molar-refractivity contribution in [3.63, 3.8) is 0 Å². The van der Waals surface area contributed by atoms with Crippen LogP contribution in [0.5, 0.6) is 0 Å². The van der Waals surface area contributed by atoms with Gasteiger partial charge in [0.25, 0.3) is 0 Å². The second kappa shape index (κ2) is 5.68. The highest BCUT2D eigenvalue weighted by molar-refractivity contribution is 5.81. The van der Waals surface area contributed by atoms with Crippen LogP contribution >= 0.6 is 0 Å². The smallest absolute Gasteiger partial charge is 0.228 e. The second-order valence-electron chi connectivity index (χ2n) is 6.51. The van der Waals surface area contributed by atoms with Crippen LogP contribution in [0.1, 0.15) is 19.4 Å². The van der Waals surface area contributed by atoms with E-state index in [-0.39, 0.29) is 12.0 Å². The van der Waals surface area contributed by atoms with Gasteiger partial charge in [-0.05, 0) is 38.9 Å². The van der Waals surface area contributed by atoms with Gasteiger partial charge < -0.3 is 15.1 Å². The first kappa shape index (κ1) is 14.4. The molecule has 0 aliphatic carbocycles. The number of piperazine rings is 1. The third kappa shape index (κ3) is 2.77. The van der Waals surface area contributed by atoms with Gasteiger partial charge in [0.15, 0.2) is 0 Å². The molecule has 4 heteroatoms. The summed E-state index contributed by atoms with van der Waals surface area (Å²) in [5.41, 5.74) is 2.44. The Bertz CT molecular complexity index is 531. The van der Waals surface area contributed by atoms with Gasteiger partial charge >= 0.3 is 0 Å². The van der Waals surface area contributed by atoms with Crippen molar-refractivity contribution in [3.05, 3.63) is 29.8 Å². The van der Waals surface area contributed by atoms with E-state index in [1.54, 1.807) is 0 Å². The van der Waals surface area contributed by atoms with Gasteiger partial charge in [-0.1, -0.05) is 18.2 Å². The Hall–Kier alpha value is -1.55. The fourth-order valence-corrected chi connectivity index (χ4v) is 3.38. The summed E-state index contributed by atoms with van der Waals surface area (Å²) < 4.78 is 0. The van der Waals surface area contributed by atoms with Crippen LogP contribution in [0, 0.1) is 5.92 Å². The van der Waals surface area contributed by atoms with E-state index in [1.165, 1.54) is 11.3 Å². The van der Waals surface area contributed by atoms with Gasteiger partial charge in [0, 0.05) is 37.4 Å². The lowest BCUT2D eigenvalue weighted by atomic mass is 9.86. The first-order valence-corrected chi connectivity index (χ1v) is 7.89. The summed E-state index contributed by atoms with van der Waals surface area (Å²) in [7, 11) is 2.13. The minimum atomic E-state index is 0.0514. The van der Waals surface area contributed by atoms with Crippen LogP contribution < -0.4 is 5.32 Å². The van der Waals surface area contributed by atoms with Crippen molar-refractivity contribution in [2.75, 3.05) is 32.0 Å². The molecule has 0 saturated carbocycles. The van der Waals surface area contributed by atoms with Crippen LogP contribution in [0.2, 0.25) is 0 Å². The van der Waals surface area contributed by atoms with E-state index in [4.69, 9.17) is 0 Å². The topological polar surface area (TPSA) is 35.6 Å². The third-order valence-electron chi connectivity index (χ3n) is 5.03. The highest BCUT2D eigenvalue weighted by atomic mass is 16.2. The highest BCUT2D eigenvalue weighted by Gasteiger charge is 2.35. The van der Waals surface area contributed by atoms with E-state index in [0.717, 1.165) is 26.1 Å². The van der Waals surface area contributed by atoms with Crippen molar-refractivity contribution in [3.8, 4) is 0 Å². The van der Waals surface area contributed by atoms with E-state index in [0.29, 0.717) is 11.9 Å². The van der Waals surface area contributed by atoms with Crippen molar-refractivity contribution in [2.45, 2.75) is 32.4 Å². The molecular formula is C17H25N3O. The van der Waals surface area contributed by atoms with Gasteiger partial charge in [-0.2, -0.15) is 0 Å². The number of hydrogen-bond donors (Lipinski definition) is 1. The van der Waals surface area contributed by atoms with Crippen LogP contribution in [-0.4, -0.2) is 54.5 Å². The van der Waals surface area contributed by atoms with Crippen molar-refractivity contribution >= 4 is 11.6 Å². The number of amides is 1. The lowest BCUT2D eigenvalue weighted by Gasteiger charge is -2.41. The highest BCUT2D eigenvalue weighted by Crippen LogP contribution is 2.29. The fraction of sp³-hybridized carbons (Fsp3) is 0.588. The molecule has 21 heavy (non-hydrogen) atoms. The minimum Gasteiger partial charge on any atom is -0.382 e. The molecule has 114 valence electrons. The molecule has 0 radical (unpaired) electrons. The molecule has 1 fully saturated rings. The zero-order chi connectivity index (χ0) is 15.0. The number of benzene rings is 1. The Kier molecular flexibility index (Phi) is 3.89. The molecule has 1 aromatic rings. The molecule has 1 aromatic carbocycles. The molecule has 3 atom stereocenters. The molecule has 2 aliphatic rings. The molecule has 2 heterocycles. The zero-order valence-electron chi connectivity index (χ0n) is 13.2. The number of fused-ring (bicyclic) bond motifs is 1. The van der Waals surface area contributed by atoms with Gasteiger partial charge in [0.1, 0.15) is 0 Å². The van der Waals surface area contributed by atoms with Crippen LogP contribution in [0.4, 0.5) is 5.69 Å². The number of carbonyl (C=O) groups excluding carboxylic acids is 1. The molecular weight excluding hydrogens is 262 g/mol. The molecule has 0 spiro atoms. The molecule has 2 aliphatic heterocycles. The molecule has 0 bridgehead atoms. The number of hydrogen-bond acceptors (Lipinski definition) is 3. The molecule has 1 saturated heterocycles. The first-order chi connectivity index (χ1) is 10.1. The molecule has 3 rings (SSSR count). The Balaban J connectivity index is 1.73. The number of nitrogens with one attached hydrogen (secondary N) is 1. The molecule has 3 unspecified atom stereocenters. The number of carbonyl (C=O) groups is 1. The lowest BCUT2D eigenvalue weighted by Crippen LogP contribution is -2.55. The number of rotatable bonds is 1. The average molecular weight is 287 g/mol. The Morgan fingerprint density at radius 3 is 2.76 bits per heavy atom. The molecule has 4 nitrogen and oxygen atoms in total. The minimum absolute atomic E-state index is 0.0514. The Labute approximate surface area is 127 Å². The van der Waals surface area contributed by atoms with Gasteiger partial charge in [-0.3, -0.25) is 4.79 Å². The quantitative estimate of drug-likeness (QED) is 0.856. The van der Waals surface area contributed by atoms with E-state index in [2.05, 4.69) is 54.2 Å². The van der Waals surface area contributed by atoms with E-state index in [9.17, 15) is 4.79 Å². The van der Waals surface area contributed by atoms with Gasteiger partial charge in [0.05, 0.1) is 5.92 Å². The second-order valence-corrected chi connectivity index (χ2v) is 6.51. The van der Waals surface area contributed by atoms with Gasteiger partial charge in [-0.15, -0.1) is 0 Å². The third-order valence-corrected chi connectivity index (χ3v) is 5.03. The van der Waals surface area contributed by atoms with Crippen molar-refractivity contribution < 1.29 is 4.79 Å². The molecule has 1 amide bonds. The van der Waals surface area contributed by atoms with E-state index >= 15 is 0 Å². The zero-order valence-corrected chi connectivity index (χ0v) is 13.2. The van der Waals surface area contributed by atoms with Crippen LogP contribution in [0.25, 0.3) is 0 Å². The molecule has 0 aromatic heterocycles. The monoisotopic (exact) mass is 287 g/mol. The largest absolute Gasteiger partial charge is 0.382 e. The lowest BCUT2D eigenvalue weighted by molar-refractivity contribution is -0.138. The summed E-state index contributed by atoms with van der Waals surface area (Å²) in [6, 6.07) is 8.97. The Morgan fingerprint density at radius 2 is 2.00 bits per heavy atom. The summed E-state index contributed by atoms with van der Waals surface area (Å²) in [6.45, 7) is 6.98. The number of likely N-dealkylation sites (N-methyl/N-ethyl adjacent to an activating group) is 1. The summed E-state index contributed by atoms with van der Waals surface area (Å²) in [6.07, 6.45) is 0.851. The predicted molar refractivity (Wildman–Crippen MR) is 85.4 cm³/mol. The van der Waals surface area contributed by atoms with E-state index in [1.807, 2.05) is 6.07 Å². The number of para-hydroxylation sites is 1. The standard InChI is InChI=1S/C17H25N3O/c1-12-11-20(9-8-19(12)3)17(21)15-10-14-6-4-5-7-16(14)18-13(15)2/h4-7,12-13,15,18H,8-11H2,1-3H3. The maximum absolute atomic E-state index is 12.9. The van der Waals surface area contributed by atoms with Crippen LogP contribution in [0.3, 0.4) is 0 Å². The summed E-state index contributed by atoms with van der Waals surface area (Å²) >= 11 is 0. The fourth-order valence-electron chi connectivity index (χ4n) is 3.38. The van der Waals surface area contributed by atoms with Crippen LogP contribution in [-0.2, 0) is 11.2 Å². The van der Waals surface area contributed by atoms with E-state index < -0.39 is 0 Å². The maximum atomic E-state index is 12.9. The predicted octanol–water partition coefficient (Wildman–Crippen LogP) is 1.82. The first-order valence-electron chi connectivity index (χ1n) is 7.89. The number of nitrogens with zero attached hydrogens (tertiary/aromatic N) is 2. The van der Waals surface area contributed by atoms with Crippen molar-refractivity contribution in [1.29, 1.82) is 0 Å². The normalized spacial score (nSPS) is 29.7. The average Bonchev–Trinajstić information content (AvgIpc) is 2.48. The number of anilines is 1. The van der Waals surface area contributed by atoms with Crippen molar-refractivity contribution in [2.24, 2.45) is 5.92 Å². The van der Waals surface area contributed by atoms with Gasteiger partial charge in [-0.25, -0.2) is 0 Å². The summed E-state index contributed by atoms with van der Waals surface area (Å²) in [5, 5.41) is 3.49. The SMILES string of the molecule is CC1Nc2ccccc2CC1C(=O)N1CCN(C)C(C)C1. The van der Waals surface area contributed by atoms with Gasteiger partial charge in [0.2, 0.25) is 5.91 Å². The Morgan fingerprint density at radius 1 is 1.24 bits per heavy atom. The summed E-state index contributed by atoms with van der Waals surface area (Å²) in [5.74, 6) is 0.361. The molecule has 1 N–H and O–H groups in total. The summed E-state index contributed by atoms with van der Waals surface area (Å²) in [4.78, 5) is 17.3.